The van der Waals surface area contributed by atoms with Crippen LogP contribution in [-0.4, -0.2) is 73.8 Å². The van der Waals surface area contributed by atoms with E-state index < -0.39 is 10.0 Å². The van der Waals surface area contributed by atoms with Gasteiger partial charge in [0, 0.05) is 50.7 Å². The monoisotopic (exact) mass is 473 g/mol. The van der Waals surface area contributed by atoms with Crippen LogP contribution in [0.25, 0.3) is 10.2 Å². The SMILES string of the molecule is CCc1cc2c(N3CCN(C(=O)c4ccc(S(=O)(=O)N(C)C)cc4)CC3)nc(C)nc2s1. The molecular formula is C22H27N5O3S2. The zero-order valence-corrected chi connectivity index (χ0v) is 20.3. The zero-order valence-electron chi connectivity index (χ0n) is 18.7. The number of amides is 1. The van der Waals surface area contributed by atoms with Crippen molar-refractivity contribution in [3.05, 3.63) is 46.6 Å². The maximum atomic E-state index is 13.0. The van der Waals surface area contributed by atoms with Crippen LogP contribution in [0.4, 0.5) is 5.82 Å². The Morgan fingerprint density at radius 3 is 2.34 bits per heavy atom. The highest BCUT2D eigenvalue weighted by Crippen LogP contribution is 2.32. The second-order valence-electron chi connectivity index (χ2n) is 7.97. The van der Waals surface area contributed by atoms with Crippen LogP contribution in [0.1, 0.15) is 28.0 Å². The number of aromatic nitrogens is 2. The Kier molecular flexibility index (Phi) is 6.19. The number of aryl methyl sites for hydroxylation is 2. The predicted molar refractivity (Wildman–Crippen MR) is 127 cm³/mol. The van der Waals surface area contributed by atoms with Crippen molar-refractivity contribution in [1.29, 1.82) is 0 Å². The highest BCUT2D eigenvalue weighted by atomic mass is 32.2. The van der Waals surface area contributed by atoms with Crippen molar-refractivity contribution >= 4 is 43.3 Å². The standard InChI is InChI=1S/C22H27N5O3S2/c1-5-17-14-19-20(23-15(2)24-21(19)31-17)26-10-12-27(13-11-26)22(28)16-6-8-18(9-7-16)32(29,30)25(3)4/h6-9,14H,5,10-13H2,1-4H3. The summed E-state index contributed by atoms with van der Waals surface area (Å²) in [5.41, 5.74) is 0.488. The van der Waals surface area contributed by atoms with Gasteiger partial charge in [-0.1, -0.05) is 6.92 Å². The van der Waals surface area contributed by atoms with Gasteiger partial charge in [-0.15, -0.1) is 11.3 Å². The average molecular weight is 474 g/mol. The third-order valence-corrected chi connectivity index (χ3v) is 8.63. The summed E-state index contributed by atoms with van der Waals surface area (Å²) in [5.74, 6) is 1.60. The molecule has 1 fully saturated rings. The van der Waals surface area contributed by atoms with Crippen LogP contribution < -0.4 is 4.90 Å². The maximum Gasteiger partial charge on any atom is 0.253 e. The Labute approximate surface area is 192 Å². The first-order chi connectivity index (χ1) is 15.2. The molecule has 1 aromatic carbocycles. The van der Waals surface area contributed by atoms with Gasteiger partial charge in [-0.25, -0.2) is 22.7 Å². The second-order valence-corrected chi connectivity index (χ2v) is 11.2. The lowest BCUT2D eigenvalue weighted by atomic mass is 10.1. The van der Waals surface area contributed by atoms with Crippen molar-refractivity contribution in [3.63, 3.8) is 0 Å². The number of thiophene rings is 1. The molecule has 1 aliphatic heterocycles. The van der Waals surface area contributed by atoms with Crippen molar-refractivity contribution in [3.8, 4) is 0 Å². The largest absolute Gasteiger partial charge is 0.352 e. The molecule has 3 heterocycles. The molecule has 0 aliphatic carbocycles. The number of sulfonamides is 1. The molecule has 1 aliphatic rings. The summed E-state index contributed by atoms with van der Waals surface area (Å²) in [6.45, 7) is 6.56. The minimum absolute atomic E-state index is 0.0914. The Morgan fingerprint density at radius 2 is 1.75 bits per heavy atom. The summed E-state index contributed by atoms with van der Waals surface area (Å²) in [5, 5.41) is 1.08. The number of nitrogens with zero attached hydrogens (tertiary/aromatic N) is 5. The minimum Gasteiger partial charge on any atom is -0.352 e. The lowest BCUT2D eigenvalue weighted by molar-refractivity contribution is 0.0746. The van der Waals surface area contributed by atoms with Crippen molar-refractivity contribution in [1.82, 2.24) is 19.2 Å². The number of hydrogen-bond donors (Lipinski definition) is 0. The molecular weight excluding hydrogens is 446 g/mol. The van der Waals surface area contributed by atoms with Crippen LogP contribution in [0.3, 0.4) is 0 Å². The molecule has 0 atom stereocenters. The molecule has 1 amide bonds. The van der Waals surface area contributed by atoms with E-state index in [1.165, 1.54) is 31.1 Å². The number of hydrogen-bond acceptors (Lipinski definition) is 7. The Bertz CT molecular complexity index is 1240. The van der Waals surface area contributed by atoms with Crippen molar-refractivity contribution in [2.45, 2.75) is 25.2 Å². The third kappa shape index (κ3) is 4.22. The van der Waals surface area contributed by atoms with Gasteiger partial charge in [0.05, 0.1) is 10.3 Å². The third-order valence-electron chi connectivity index (χ3n) is 5.63. The molecule has 3 aromatic rings. The fourth-order valence-electron chi connectivity index (χ4n) is 3.76. The van der Waals surface area contributed by atoms with E-state index in [1.807, 2.05) is 11.8 Å². The van der Waals surface area contributed by atoms with Crippen LogP contribution in [0.15, 0.2) is 35.2 Å². The number of benzene rings is 1. The number of fused-ring (bicyclic) bond motifs is 1. The molecule has 8 nitrogen and oxygen atoms in total. The fourth-order valence-corrected chi connectivity index (χ4v) is 5.67. The van der Waals surface area contributed by atoms with Crippen molar-refractivity contribution in [2.24, 2.45) is 0 Å². The van der Waals surface area contributed by atoms with Crippen LogP contribution in [0.5, 0.6) is 0 Å². The van der Waals surface area contributed by atoms with Crippen LogP contribution >= 0.6 is 11.3 Å². The summed E-state index contributed by atoms with van der Waals surface area (Å²) >= 11 is 1.71. The molecule has 1 saturated heterocycles. The number of rotatable bonds is 5. The van der Waals surface area contributed by atoms with Gasteiger partial charge in [0.1, 0.15) is 16.5 Å². The van der Waals surface area contributed by atoms with Gasteiger partial charge in [-0.05, 0) is 43.7 Å². The van der Waals surface area contributed by atoms with E-state index in [9.17, 15) is 13.2 Å². The topological polar surface area (TPSA) is 86.7 Å². The van der Waals surface area contributed by atoms with Gasteiger partial charge < -0.3 is 9.80 Å². The molecule has 10 heteroatoms. The lowest BCUT2D eigenvalue weighted by Gasteiger charge is -2.35. The minimum atomic E-state index is -3.51. The van der Waals surface area contributed by atoms with E-state index in [1.54, 1.807) is 23.5 Å². The highest BCUT2D eigenvalue weighted by molar-refractivity contribution is 7.89. The van der Waals surface area contributed by atoms with E-state index in [4.69, 9.17) is 4.98 Å². The molecule has 4 rings (SSSR count). The first-order valence-electron chi connectivity index (χ1n) is 10.5. The molecule has 32 heavy (non-hydrogen) atoms. The van der Waals surface area contributed by atoms with E-state index >= 15 is 0 Å². The van der Waals surface area contributed by atoms with Gasteiger partial charge in [-0.2, -0.15) is 0 Å². The summed E-state index contributed by atoms with van der Waals surface area (Å²) < 4.78 is 25.6. The van der Waals surface area contributed by atoms with Gasteiger partial charge in [0.25, 0.3) is 5.91 Å². The molecule has 0 spiro atoms. The second kappa shape index (κ2) is 8.76. The number of carbonyl (C=O) groups is 1. The molecule has 170 valence electrons. The van der Waals surface area contributed by atoms with Crippen molar-refractivity contribution < 1.29 is 13.2 Å². The zero-order chi connectivity index (χ0) is 23.0. The molecule has 0 saturated carbocycles. The van der Waals surface area contributed by atoms with Crippen molar-refractivity contribution in [2.75, 3.05) is 45.2 Å². The number of piperazine rings is 1. The lowest BCUT2D eigenvalue weighted by Crippen LogP contribution is -2.49. The Morgan fingerprint density at radius 1 is 1.09 bits per heavy atom. The first kappa shape index (κ1) is 22.6. The first-order valence-corrected chi connectivity index (χ1v) is 12.8. The van der Waals surface area contributed by atoms with Crippen LogP contribution in [-0.2, 0) is 16.4 Å². The molecule has 0 N–H and O–H groups in total. The Hall–Kier alpha value is -2.56. The average Bonchev–Trinajstić information content (AvgIpc) is 3.21. The van der Waals surface area contributed by atoms with E-state index in [0.717, 1.165) is 32.6 Å². The van der Waals surface area contributed by atoms with Crippen LogP contribution in [0.2, 0.25) is 0 Å². The Balaban J connectivity index is 1.48. The van der Waals surface area contributed by atoms with Gasteiger partial charge in [0.2, 0.25) is 10.0 Å². The summed E-state index contributed by atoms with van der Waals surface area (Å²) in [6, 6.07) is 8.32. The van der Waals surface area contributed by atoms with E-state index in [2.05, 4.69) is 22.9 Å². The summed E-state index contributed by atoms with van der Waals surface area (Å²) in [7, 11) is -0.541. The predicted octanol–water partition coefficient (Wildman–Crippen LogP) is 2.77. The van der Waals surface area contributed by atoms with E-state index in [0.29, 0.717) is 31.7 Å². The summed E-state index contributed by atoms with van der Waals surface area (Å²) in [6.07, 6.45) is 0.969. The van der Waals surface area contributed by atoms with Crippen LogP contribution in [0, 0.1) is 6.92 Å². The molecule has 0 radical (unpaired) electrons. The van der Waals surface area contributed by atoms with E-state index in [-0.39, 0.29) is 10.8 Å². The molecule has 2 aromatic heterocycles. The summed E-state index contributed by atoms with van der Waals surface area (Å²) in [4.78, 5) is 28.8. The molecule has 0 unspecified atom stereocenters. The van der Waals surface area contributed by atoms with Gasteiger partial charge in [0.15, 0.2) is 0 Å². The van der Waals surface area contributed by atoms with Gasteiger partial charge >= 0.3 is 0 Å². The fraction of sp³-hybridized carbons (Fsp3) is 0.409. The smallest absolute Gasteiger partial charge is 0.253 e. The highest BCUT2D eigenvalue weighted by Gasteiger charge is 2.25. The maximum absolute atomic E-state index is 13.0. The normalized spacial score (nSPS) is 15.0. The number of anilines is 1. The number of carbonyl (C=O) groups excluding carboxylic acids is 1. The van der Waals surface area contributed by atoms with Gasteiger partial charge in [-0.3, -0.25) is 4.79 Å². The molecule has 0 bridgehead atoms. The quantitative estimate of drug-likeness (QED) is 0.566.